The first-order chi connectivity index (χ1) is 5.59. The Kier molecular flexibility index (Phi) is 2.69. The molecule has 0 bridgehead atoms. The number of rotatable bonds is 0. The maximum absolute atomic E-state index is 4.00. The molecule has 0 atom stereocenters. The van der Waals surface area contributed by atoms with Gasteiger partial charge in [0.15, 0.2) is 0 Å². The quantitative estimate of drug-likeness (QED) is 0.473. The second-order valence-electron chi connectivity index (χ2n) is 3.57. The molecule has 64 valence electrons. The van der Waals surface area contributed by atoms with Gasteiger partial charge in [0.1, 0.15) is 0 Å². The van der Waals surface area contributed by atoms with Gasteiger partial charge in [-0.25, -0.2) is 0 Å². The van der Waals surface area contributed by atoms with Crippen LogP contribution in [-0.2, 0) is 0 Å². The van der Waals surface area contributed by atoms with Crippen molar-refractivity contribution in [2.75, 3.05) is 0 Å². The van der Waals surface area contributed by atoms with E-state index in [1.165, 1.54) is 11.1 Å². The van der Waals surface area contributed by atoms with E-state index in [2.05, 4.69) is 32.7 Å². The Balaban J connectivity index is 2.83. The molecule has 0 aliphatic heterocycles. The lowest BCUT2D eigenvalue weighted by Gasteiger charge is -2.14. The van der Waals surface area contributed by atoms with Crippen LogP contribution in [0.3, 0.4) is 0 Å². The Morgan fingerprint density at radius 2 is 1.67 bits per heavy atom. The summed E-state index contributed by atoms with van der Waals surface area (Å²) < 4.78 is 0. The molecule has 1 aliphatic rings. The third-order valence-corrected chi connectivity index (χ3v) is 2.19. The second-order valence-corrected chi connectivity index (χ2v) is 3.57. The highest BCUT2D eigenvalue weighted by Crippen LogP contribution is 2.26. The van der Waals surface area contributed by atoms with Gasteiger partial charge in [0, 0.05) is 0 Å². The monoisotopic (exact) mass is 160 g/mol. The minimum absolute atomic E-state index is 0.919. The molecule has 0 N–H and O–H groups in total. The molecule has 0 radical (unpaired) electrons. The van der Waals surface area contributed by atoms with Crippen molar-refractivity contribution in [3.63, 3.8) is 0 Å². The molecule has 1 aliphatic carbocycles. The fourth-order valence-corrected chi connectivity index (χ4v) is 1.35. The van der Waals surface area contributed by atoms with Gasteiger partial charge in [0.05, 0.1) is 0 Å². The van der Waals surface area contributed by atoms with Crippen LogP contribution in [0.1, 0.15) is 26.2 Å². The highest BCUT2D eigenvalue weighted by Gasteiger charge is 2.06. The Bertz CT molecular complexity index is 264. The molecule has 1 rings (SSSR count). The first-order valence-corrected chi connectivity index (χ1v) is 4.28. The predicted octanol–water partition coefficient (Wildman–Crippen LogP) is 3.79. The first-order valence-electron chi connectivity index (χ1n) is 4.28. The van der Waals surface area contributed by atoms with E-state index < -0.39 is 0 Å². The molecule has 0 aromatic heterocycles. The summed E-state index contributed by atoms with van der Waals surface area (Å²) in [6.07, 6.45) is 5.13. The standard InChI is InChI=1S/C12H16/c1-9-5-6-10(2)8-12(4)11(3)7-9/h6H,1,3-5,7-8H2,2H3/b10-6-. The van der Waals surface area contributed by atoms with Crippen molar-refractivity contribution in [2.45, 2.75) is 26.2 Å². The van der Waals surface area contributed by atoms with Gasteiger partial charge < -0.3 is 0 Å². The zero-order chi connectivity index (χ0) is 9.14. The van der Waals surface area contributed by atoms with Crippen molar-refractivity contribution in [2.24, 2.45) is 0 Å². The second kappa shape index (κ2) is 3.57. The van der Waals surface area contributed by atoms with E-state index >= 15 is 0 Å². The van der Waals surface area contributed by atoms with Gasteiger partial charge in [0.25, 0.3) is 0 Å². The maximum atomic E-state index is 4.00. The average Bonchev–Trinajstić information content (AvgIpc) is 1.99. The van der Waals surface area contributed by atoms with Gasteiger partial charge in [-0.1, -0.05) is 37.0 Å². The third-order valence-electron chi connectivity index (χ3n) is 2.19. The van der Waals surface area contributed by atoms with Crippen molar-refractivity contribution in [3.05, 3.63) is 48.1 Å². The third kappa shape index (κ3) is 2.23. The Morgan fingerprint density at radius 3 is 2.33 bits per heavy atom. The summed E-state index contributed by atoms with van der Waals surface area (Å²) in [7, 11) is 0. The molecule has 0 amide bonds. The SMILES string of the molecule is C=C1C/C=C(/C)CC(=C)C(=C)C1. The van der Waals surface area contributed by atoms with Crippen molar-refractivity contribution in [1.82, 2.24) is 0 Å². The van der Waals surface area contributed by atoms with Crippen molar-refractivity contribution in [3.8, 4) is 0 Å². The maximum Gasteiger partial charge on any atom is -0.00699 e. The lowest BCUT2D eigenvalue weighted by molar-refractivity contribution is 0.978. The van der Waals surface area contributed by atoms with Gasteiger partial charge in [-0.3, -0.25) is 0 Å². The summed E-state index contributed by atoms with van der Waals surface area (Å²) in [4.78, 5) is 0. The minimum Gasteiger partial charge on any atom is -0.0992 e. The van der Waals surface area contributed by atoms with E-state index in [0.717, 1.165) is 30.4 Å². The zero-order valence-electron chi connectivity index (χ0n) is 7.82. The van der Waals surface area contributed by atoms with Crippen molar-refractivity contribution < 1.29 is 0 Å². The molecule has 0 saturated heterocycles. The van der Waals surface area contributed by atoms with E-state index in [1.54, 1.807) is 0 Å². The molecule has 0 unspecified atom stereocenters. The van der Waals surface area contributed by atoms with Crippen LogP contribution in [0.4, 0.5) is 0 Å². The summed E-state index contributed by atoms with van der Waals surface area (Å²) in [5.41, 5.74) is 4.92. The van der Waals surface area contributed by atoms with Gasteiger partial charge in [-0.05, 0) is 37.3 Å². The number of hydrogen-bond donors (Lipinski definition) is 0. The molecule has 0 aromatic rings. The van der Waals surface area contributed by atoms with Crippen molar-refractivity contribution >= 4 is 0 Å². The normalized spacial score (nSPS) is 24.4. The van der Waals surface area contributed by atoms with Crippen LogP contribution in [0.2, 0.25) is 0 Å². The molecule has 0 aromatic carbocycles. The van der Waals surface area contributed by atoms with Crippen LogP contribution < -0.4 is 0 Å². The molecular formula is C12H16. The van der Waals surface area contributed by atoms with E-state index in [4.69, 9.17) is 0 Å². The van der Waals surface area contributed by atoms with Crippen LogP contribution in [0.25, 0.3) is 0 Å². The molecule has 0 heterocycles. The van der Waals surface area contributed by atoms with E-state index in [9.17, 15) is 0 Å². The van der Waals surface area contributed by atoms with Gasteiger partial charge in [0.2, 0.25) is 0 Å². The van der Waals surface area contributed by atoms with Crippen LogP contribution >= 0.6 is 0 Å². The number of allylic oxidation sites excluding steroid dienone is 5. The summed E-state index contributed by atoms with van der Waals surface area (Å²) >= 11 is 0. The fraction of sp³-hybridized carbons (Fsp3) is 0.333. The smallest absolute Gasteiger partial charge is 0.00699 e. The lowest BCUT2D eigenvalue weighted by Crippen LogP contribution is -1.95. The Hall–Kier alpha value is -1.04. The van der Waals surface area contributed by atoms with E-state index in [-0.39, 0.29) is 0 Å². The molecule has 12 heavy (non-hydrogen) atoms. The summed E-state index contributed by atoms with van der Waals surface area (Å²) in [6.45, 7) is 14.1. The average molecular weight is 160 g/mol. The summed E-state index contributed by atoms with van der Waals surface area (Å²) in [5, 5.41) is 0. The highest BCUT2D eigenvalue weighted by atomic mass is 14.1. The van der Waals surface area contributed by atoms with Gasteiger partial charge in [-0.15, -0.1) is 0 Å². The minimum atomic E-state index is 0.919. The topological polar surface area (TPSA) is 0 Å². The lowest BCUT2D eigenvalue weighted by atomic mass is 9.91. The van der Waals surface area contributed by atoms with E-state index in [1.807, 2.05) is 0 Å². The molecule has 0 fully saturated rings. The fourth-order valence-electron chi connectivity index (χ4n) is 1.35. The summed E-state index contributed by atoms with van der Waals surface area (Å²) in [5.74, 6) is 0. The van der Waals surface area contributed by atoms with Gasteiger partial charge >= 0.3 is 0 Å². The first kappa shape index (κ1) is 9.05. The van der Waals surface area contributed by atoms with Crippen LogP contribution in [0, 0.1) is 0 Å². The summed E-state index contributed by atoms with van der Waals surface area (Å²) in [6, 6.07) is 0. The van der Waals surface area contributed by atoms with Crippen LogP contribution in [0.15, 0.2) is 48.1 Å². The van der Waals surface area contributed by atoms with Crippen LogP contribution in [-0.4, -0.2) is 0 Å². The largest absolute Gasteiger partial charge is 0.0992 e. The number of hydrogen-bond acceptors (Lipinski definition) is 0. The Labute approximate surface area is 75.0 Å². The zero-order valence-corrected chi connectivity index (χ0v) is 7.82. The molecule has 0 nitrogen and oxygen atoms in total. The highest BCUT2D eigenvalue weighted by molar-refractivity contribution is 5.35. The molecule has 0 heteroatoms. The Morgan fingerprint density at radius 1 is 1.08 bits per heavy atom. The van der Waals surface area contributed by atoms with E-state index in [0.29, 0.717) is 0 Å². The van der Waals surface area contributed by atoms with Crippen molar-refractivity contribution in [1.29, 1.82) is 0 Å². The van der Waals surface area contributed by atoms with Crippen LogP contribution in [0.5, 0.6) is 0 Å². The molecule has 0 spiro atoms. The molecular weight excluding hydrogens is 144 g/mol. The predicted molar refractivity (Wildman–Crippen MR) is 55.0 cm³/mol. The van der Waals surface area contributed by atoms with Gasteiger partial charge in [-0.2, -0.15) is 0 Å². The molecule has 0 saturated carbocycles.